The van der Waals surface area contributed by atoms with Crippen molar-refractivity contribution in [3.63, 3.8) is 0 Å². The molecule has 4 amide bonds. The highest BCUT2D eigenvalue weighted by atomic mass is 19.1. The zero-order chi connectivity index (χ0) is 25.2. The highest BCUT2D eigenvalue weighted by Crippen LogP contribution is 2.29. The van der Waals surface area contributed by atoms with E-state index in [0.717, 1.165) is 10.6 Å². The maximum absolute atomic E-state index is 13.3. The number of methoxy groups -OCH3 is 1. The normalized spacial score (nSPS) is 20.0. The molecule has 11 heteroatoms. The molecule has 1 unspecified atom stereocenters. The Morgan fingerprint density at radius 3 is 2.49 bits per heavy atom. The van der Waals surface area contributed by atoms with Gasteiger partial charge in [-0.3, -0.25) is 14.5 Å². The summed E-state index contributed by atoms with van der Waals surface area (Å²) < 4.78 is 23.5. The number of imide groups is 1. The molecule has 0 bridgehead atoms. The zero-order valence-corrected chi connectivity index (χ0v) is 19.3. The number of amides is 4. The van der Waals surface area contributed by atoms with Crippen molar-refractivity contribution >= 4 is 35.2 Å². The summed E-state index contributed by atoms with van der Waals surface area (Å²) >= 11 is 0. The Hall–Kier alpha value is -3.99. The number of esters is 1. The first-order chi connectivity index (χ1) is 16.7. The molecule has 35 heavy (non-hydrogen) atoms. The molecular formula is C24H25FN4O6. The van der Waals surface area contributed by atoms with Crippen LogP contribution in [0.4, 0.5) is 20.6 Å². The van der Waals surface area contributed by atoms with Gasteiger partial charge in [0.1, 0.15) is 17.9 Å². The third kappa shape index (κ3) is 4.80. The fraction of sp³-hybridized carbons (Fsp3) is 0.333. The fourth-order valence-electron chi connectivity index (χ4n) is 4.09. The molecular weight excluding hydrogens is 459 g/mol. The second-order valence-corrected chi connectivity index (χ2v) is 8.32. The number of anilines is 2. The van der Waals surface area contributed by atoms with Gasteiger partial charge in [0.25, 0.3) is 5.91 Å². The minimum atomic E-state index is -1.44. The molecule has 2 aromatic carbocycles. The smallest absolute Gasteiger partial charge is 0.340 e. The molecule has 0 aliphatic carbocycles. The van der Waals surface area contributed by atoms with Crippen molar-refractivity contribution in [3.8, 4) is 0 Å². The molecule has 2 aromatic rings. The Balaban J connectivity index is 1.50. The molecule has 0 aromatic heterocycles. The number of rotatable bonds is 6. The first-order valence-corrected chi connectivity index (χ1v) is 11.0. The molecule has 2 aliphatic heterocycles. The van der Waals surface area contributed by atoms with Crippen LogP contribution in [0.25, 0.3) is 0 Å². The van der Waals surface area contributed by atoms with E-state index in [9.17, 15) is 23.6 Å². The van der Waals surface area contributed by atoms with Crippen molar-refractivity contribution < 1.29 is 33.0 Å². The Bertz CT molecular complexity index is 1170. The third-order valence-electron chi connectivity index (χ3n) is 6.06. The van der Waals surface area contributed by atoms with Crippen LogP contribution in [-0.4, -0.2) is 68.7 Å². The number of carbonyl (C=O) groups is 4. The van der Waals surface area contributed by atoms with Crippen LogP contribution in [0.5, 0.6) is 0 Å². The fourth-order valence-corrected chi connectivity index (χ4v) is 4.09. The maximum atomic E-state index is 13.3. The topological polar surface area (TPSA) is 117 Å². The van der Waals surface area contributed by atoms with Crippen molar-refractivity contribution in [2.24, 2.45) is 0 Å². The summed E-state index contributed by atoms with van der Waals surface area (Å²) in [5, 5.41) is 5.15. The Labute approximate surface area is 201 Å². The third-order valence-corrected chi connectivity index (χ3v) is 6.06. The summed E-state index contributed by atoms with van der Waals surface area (Å²) in [6, 6.07) is 9.36. The van der Waals surface area contributed by atoms with E-state index in [-0.39, 0.29) is 11.3 Å². The molecule has 2 fully saturated rings. The van der Waals surface area contributed by atoms with E-state index < -0.39 is 41.7 Å². The number of nitrogens with zero attached hydrogens (tertiary/aromatic N) is 2. The first-order valence-electron chi connectivity index (χ1n) is 11.0. The largest absolute Gasteiger partial charge is 0.465 e. The van der Waals surface area contributed by atoms with Crippen LogP contribution in [0.3, 0.4) is 0 Å². The number of morpholine rings is 1. The average Bonchev–Trinajstić information content (AvgIpc) is 3.08. The molecule has 2 aliphatic rings. The lowest BCUT2D eigenvalue weighted by molar-refractivity contribution is -0.133. The molecule has 10 nitrogen and oxygen atoms in total. The van der Waals surface area contributed by atoms with Gasteiger partial charge in [-0.25, -0.2) is 14.0 Å². The first kappa shape index (κ1) is 24.1. The predicted octanol–water partition coefficient (Wildman–Crippen LogP) is 1.85. The Morgan fingerprint density at radius 2 is 1.83 bits per heavy atom. The minimum Gasteiger partial charge on any atom is -0.465 e. The average molecular weight is 484 g/mol. The van der Waals surface area contributed by atoms with E-state index in [0.29, 0.717) is 31.9 Å². The molecule has 2 saturated heterocycles. The molecule has 0 spiro atoms. The molecule has 2 heterocycles. The summed E-state index contributed by atoms with van der Waals surface area (Å²) in [5.41, 5.74) is 0.0373. The second-order valence-electron chi connectivity index (χ2n) is 8.32. The highest BCUT2D eigenvalue weighted by molar-refractivity contribution is 6.11. The van der Waals surface area contributed by atoms with E-state index in [4.69, 9.17) is 9.47 Å². The van der Waals surface area contributed by atoms with Crippen LogP contribution in [0.15, 0.2) is 42.5 Å². The van der Waals surface area contributed by atoms with E-state index in [2.05, 4.69) is 10.6 Å². The molecule has 4 rings (SSSR count). The van der Waals surface area contributed by atoms with Gasteiger partial charge in [-0.15, -0.1) is 0 Å². The summed E-state index contributed by atoms with van der Waals surface area (Å²) in [4.78, 5) is 53.6. The van der Waals surface area contributed by atoms with Crippen LogP contribution in [-0.2, 0) is 24.6 Å². The molecule has 0 radical (unpaired) electrons. The van der Waals surface area contributed by atoms with Crippen molar-refractivity contribution in [2.45, 2.75) is 12.5 Å². The number of benzene rings is 2. The van der Waals surface area contributed by atoms with Crippen molar-refractivity contribution in [2.75, 3.05) is 50.2 Å². The summed E-state index contributed by atoms with van der Waals surface area (Å²) in [7, 11) is 1.23. The van der Waals surface area contributed by atoms with Gasteiger partial charge in [0.05, 0.1) is 31.6 Å². The predicted molar refractivity (Wildman–Crippen MR) is 123 cm³/mol. The lowest BCUT2D eigenvalue weighted by Crippen LogP contribution is -2.42. The summed E-state index contributed by atoms with van der Waals surface area (Å²) in [6.45, 7) is 3.35. The van der Waals surface area contributed by atoms with Gasteiger partial charge in [-0.2, -0.15) is 0 Å². The van der Waals surface area contributed by atoms with E-state index in [1.807, 2.05) is 4.90 Å². The van der Waals surface area contributed by atoms with Crippen LogP contribution in [0, 0.1) is 5.82 Å². The summed E-state index contributed by atoms with van der Waals surface area (Å²) in [5.74, 6) is -2.46. The van der Waals surface area contributed by atoms with Crippen molar-refractivity contribution in [1.82, 2.24) is 10.2 Å². The molecule has 2 N–H and O–H groups in total. The SMILES string of the molecule is COC(=O)c1cc(N2CCOCC2)ccc1NC(=O)CN1C(=O)NC(C)(c2ccc(F)cc2)C1=O. The number of urea groups is 1. The number of hydrogen-bond acceptors (Lipinski definition) is 7. The minimum absolute atomic E-state index is 0.137. The monoisotopic (exact) mass is 484 g/mol. The van der Waals surface area contributed by atoms with Gasteiger partial charge in [0.2, 0.25) is 5.91 Å². The van der Waals surface area contributed by atoms with Gasteiger partial charge in [-0.05, 0) is 42.8 Å². The van der Waals surface area contributed by atoms with Crippen LogP contribution >= 0.6 is 0 Å². The number of nitrogens with one attached hydrogen (secondary N) is 2. The standard InChI is InChI=1S/C24H25FN4O6/c1-24(15-3-5-16(25)6-4-15)22(32)29(23(33)27-24)14-20(30)26-19-8-7-17(13-18(19)21(31)34-2)28-9-11-35-12-10-28/h3-8,13H,9-12,14H2,1-2H3,(H,26,30)(H,27,33). The number of halogens is 1. The molecule has 0 saturated carbocycles. The van der Waals surface area contributed by atoms with Gasteiger partial charge in [-0.1, -0.05) is 12.1 Å². The molecule has 184 valence electrons. The van der Waals surface area contributed by atoms with Crippen LogP contribution in [0.1, 0.15) is 22.8 Å². The van der Waals surface area contributed by atoms with Crippen molar-refractivity contribution in [3.05, 3.63) is 59.4 Å². The number of carbonyl (C=O) groups excluding carboxylic acids is 4. The summed E-state index contributed by atoms with van der Waals surface area (Å²) in [6.07, 6.45) is 0. The van der Waals surface area contributed by atoms with Gasteiger partial charge < -0.3 is 25.0 Å². The highest BCUT2D eigenvalue weighted by Gasteiger charge is 2.49. The lowest BCUT2D eigenvalue weighted by Gasteiger charge is -2.29. The Morgan fingerprint density at radius 1 is 1.14 bits per heavy atom. The van der Waals surface area contributed by atoms with E-state index >= 15 is 0 Å². The second kappa shape index (κ2) is 9.71. The van der Waals surface area contributed by atoms with E-state index in [1.165, 1.54) is 38.3 Å². The lowest BCUT2D eigenvalue weighted by atomic mass is 9.92. The number of ether oxygens (including phenoxy) is 2. The van der Waals surface area contributed by atoms with Gasteiger partial charge in [0, 0.05) is 18.8 Å². The quantitative estimate of drug-likeness (QED) is 0.475. The number of hydrogen-bond donors (Lipinski definition) is 2. The van der Waals surface area contributed by atoms with Crippen LogP contribution in [0.2, 0.25) is 0 Å². The van der Waals surface area contributed by atoms with Gasteiger partial charge >= 0.3 is 12.0 Å². The van der Waals surface area contributed by atoms with E-state index in [1.54, 1.807) is 18.2 Å². The van der Waals surface area contributed by atoms with Crippen molar-refractivity contribution in [1.29, 1.82) is 0 Å². The Kier molecular flexibility index (Phi) is 6.70. The van der Waals surface area contributed by atoms with Gasteiger partial charge in [0.15, 0.2) is 0 Å². The van der Waals surface area contributed by atoms with Crippen LogP contribution < -0.4 is 15.5 Å². The maximum Gasteiger partial charge on any atom is 0.340 e. The zero-order valence-electron chi connectivity index (χ0n) is 19.3. The molecule has 1 atom stereocenters.